The van der Waals surface area contributed by atoms with Gasteiger partial charge in [-0.15, -0.1) is 0 Å². The highest BCUT2D eigenvalue weighted by atomic mass is 16.6. The zero-order valence-electron chi connectivity index (χ0n) is 21.1. The van der Waals surface area contributed by atoms with E-state index in [1.54, 1.807) is 39.8 Å². The Morgan fingerprint density at radius 1 is 1.18 bits per heavy atom. The summed E-state index contributed by atoms with van der Waals surface area (Å²) < 4.78 is 9.83. The molecule has 3 N–H and O–H groups in total. The van der Waals surface area contributed by atoms with Crippen LogP contribution in [0.2, 0.25) is 0 Å². The predicted octanol–water partition coefficient (Wildman–Crippen LogP) is 2.57. The van der Waals surface area contributed by atoms with Gasteiger partial charge in [0.2, 0.25) is 11.8 Å². The highest BCUT2D eigenvalue weighted by Gasteiger charge is 2.34. The molecular weight excluding hydrogens is 442 g/mol. The number of alkyl carbamates (subject to hydrolysis) is 1. The zero-order valence-corrected chi connectivity index (χ0v) is 21.1. The van der Waals surface area contributed by atoms with E-state index in [0.717, 1.165) is 6.42 Å². The van der Waals surface area contributed by atoms with E-state index in [-0.39, 0.29) is 18.8 Å². The van der Waals surface area contributed by atoms with Crippen LogP contribution in [0.5, 0.6) is 5.75 Å². The Labute approximate surface area is 201 Å². The van der Waals surface area contributed by atoms with Crippen molar-refractivity contribution in [2.24, 2.45) is 0 Å². The number of amides is 3. The number of carbonyl (C=O) groups excluding carboxylic acids is 4. The molecule has 1 rings (SSSR count). The number of hydrogen-bond donors (Lipinski definition) is 3. The van der Waals surface area contributed by atoms with Gasteiger partial charge in [0.05, 0.1) is 7.11 Å². The fourth-order valence-electron chi connectivity index (χ4n) is 3.14. The largest absolute Gasteiger partial charge is 0.508 e. The molecule has 0 aliphatic rings. The lowest BCUT2D eigenvalue weighted by molar-refractivity contribution is -0.144. The van der Waals surface area contributed by atoms with E-state index in [0.29, 0.717) is 17.5 Å². The molecule has 0 aliphatic carbocycles. The van der Waals surface area contributed by atoms with E-state index in [1.165, 1.54) is 25.0 Å². The van der Waals surface area contributed by atoms with Crippen LogP contribution in [-0.2, 0) is 23.9 Å². The summed E-state index contributed by atoms with van der Waals surface area (Å²) in [6.45, 7) is 10.1. The number of benzene rings is 1. The van der Waals surface area contributed by atoms with Crippen molar-refractivity contribution in [3.63, 3.8) is 0 Å². The molecule has 190 valence electrons. The monoisotopic (exact) mass is 479 g/mol. The maximum atomic E-state index is 13.5. The van der Waals surface area contributed by atoms with Crippen LogP contribution in [0.3, 0.4) is 0 Å². The van der Waals surface area contributed by atoms with Gasteiger partial charge in [-0.3, -0.25) is 14.4 Å². The van der Waals surface area contributed by atoms with Crippen molar-refractivity contribution in [2.75, 3.05) is 20.2 Å². The molecule has 2 atom stereocenters. The van der Waals surface area contributed by atoms with E-state index in [2.05, 4.69) is 15.4 Å². The third-order valence-corrected chi connectivity index (χ3v) is 4.87. The number of phenols is 1. The average Bonchev–Trinajstić information content (AvgIpc) is 2.74. The van der Waals surface area contributed by atoms with E-state index in [1.807, 2.05) is 6.92 Å². The summed E-state index contributed by atoms with van der Waals surface area (Å²) in [4.78, 5) is 51.8. The van der Waals surface area contributed by atoms with Gasteiger partial charge in [0, 0.05) is 6.54 Å². The van der Waals surface area contributed by atoms with E-state index in [4.69, 9.17) is 4.74 Å². The third-order valence-electron chi connectivity index (χ3n) is 4.87. The molecule has 0 saturated heterocycles. The Balaban J connectivity index is 3.33. The van der Waals surface area contributed by atoms with Crippen molar-refractivity contribution in [3.05, 3.63) is 29.3 Å². The number of nitrogens with zero attached hydrogens (tertiary/aromatic N) is 1. The number of methoxy groups -OCH3 is 1. The second kappa shape index (κ2) is 12.8. The first-order valence-corrected chi connectivity index (χ1v) is 11.2. The maximum absolute atomic E-state index is 13.5. The van der Waals surface area contributed by atoms with Gasteiger partial charge in [0.1, 0.15) is 30.0 Å². The van der Waals surface area contributed by atoms with Crippen LogP contribution in [0.15, 0.2) is 18.2 Å². The highest BCUT2D eigenvalue weighted by molar-refractivity contribution is 5.93. The van der Waals surface area contributed by atoms with E-state index >= 15 is 0 Å². The number of aryl methyl sites for hydroxylation is 1. The number of rotatable bonds is 10. The molecule has 0 radical (unpaired) electrons. The molecule has 0 aliphatic heterocycles. The van der Waals surface area contributed by atoms with Gasteiger partial charge in [0.15, 0.2) is 0 Å². The van der Waals surface area contributed by atoms with Crippen LogP contribution < -0.4 is 10.6 Å². The molecule has 0 fully saturated rings. The summed E-state index contributed by atoms with van der Waals surface area (Å²) in [5, 5.41) is 15.0. The van der Waals surface area contributed by atoms with Crippen LogP contribution in [0.1, 0.15) is 64.6 Å². The molecule has 34 heavy (non-hydrogen) atoms. The molecule has 0 aromatic heterocycles. The molecule has 10 heteroatoms. The molecule has 10 nitrogen and oxygen atoms in total. The minimum atomic E-state index is -1.11. The summed E-state index contributed by atoms with van der Waals surface area (Å²) in [7, 11) is 1.20. The van der Waals surface area contributed by atoms with Gasteiger partial charge >= 0.3 is 12.1 Å². The number of hydrogen-bond acceptors (Lipinski definition) is 7. The van der Waals surface area contributed by atoms with Crippen molar-refractivity contribution in [1.82, 2.24) is 15.5 Å². The van der Waals surface area contributed by atoms with Gasteiger partial charge in [-0.05, 0) is 64.3 Å². The molecule has 3 amide bonds. The first-order chi connectivity index (χ1) is 15.8. The van der Waals surface area contributed by atoms with Crippen molar-refractivity contribution in [2.45, 2.75) is 72.1 Å². The van der Waals surface area contributed by atoms with Crippen molar-refractivity contribution < 1.29 is 33.8 Å². The number of phenolic OH excluding ortho intramolecular Hbond substituents is 1. The van der Waals surface area contributed by atoms with E-state index in [9.17, 15) is 24.3 Å². The lowest BCUT2D eigenvalue weighted by Crippen LogP contribution is -2.52. The lowest BCUT2D eigenvalue weighted by atomic mass is 10.00. The molecule has 0 bridgehead atoms. The van der Waals surface area contributed by atoms with Crippen LogP contribution in [0, 0.1) is 6.92 Å². The fourth-order valence-corrected chi connectivity index (χ4v) is 3.14. The maximum Gasteiger partial charge on any atom is 0.408 e. The van der Waals surface area contributed by atoms with Gasteiger partial charge in [0.25, 0.3) is 0 Å². The number of esters is 1. The second-order valence-corrected chi connectivity index (χ2v) is 9.00. The lowest BCUT2D eigenvalue weighted by Gasteiger charge is -2.33. The quantitative estimate of drug-likeness (QED) is 0.439. The summed E-state index contributed by atoms with van der Waals surface area (Å²) >= 11 is 0. The van der Waals surface area contributed by atoms with Crippen LogP contribution in [-0.4, -0.2) is 65.7 Å². The number of ether oxygens (including phenoxy) is 2. The minimum Gasteiger partial charge on any atom is -0.508 e. The first kappa shape index (κ1) is 28.7. The molecule has 1 aromatic carbocycles. The molecular formula is C24H37N3O7. The first-order valence-electron chi connectivity index (χ1n) is 11.2. The van der Waals surface area contributed by atoms with Crippen molar-refractivity contribution >= 4 is 23.9 Å². The number of nitrogens with one attached hydrogen (secondary N) is 2. The Kier molecular flexibility index (Phi) is 10.8. The topological polar surface area (TPSA) is 134 Å². The molecule has 1 aromatic rings. The fraction of sp³-hybridized carbons (Fsp3) is 0.583. The Bertz CT molecular complexity index is 880. The predicted molar refractivity (Wildman–Crippen MR) is 126 cm³/mol. The number of unbranched alkanes of at least 4 members (excludes halogenated alkanes) is 1. The molecule has 2 unspecified atom stereocenters. The van der Waals surface area contributed by atoms with Gasteiger partial charge < -0.3 is 30.1 Å². The molecule has 0 spiro atoms. The van der Waals surface area contributed by atoms with Crippen LogP contribution >= 0.6 is 0 Å². The van der Waals surface area contributed by atoms with Crippen molar-refractivity contribution in [3.8, 4) is 5.75 Å². The molecule has 0 saturated carbocycles. The second-order valence-electron chi connectivity index (χ2n) is 9.00. The molecule has 0 heterocycles. The number of aromatic hydroxyl groups is 1. The van der Waals surface area contributed by atoms with Crippen LogP contribution in [0.25, 0.3) is 0 Å². The van der Waals surface area contributed by atoms with Gasteiger partial charge in [-0.25, -0.2) is 4.79 Å². The average molecular weight is 480 g/mol. The Morgan fingerprint density at radius 3 is 2.35 bits per heavy atom. The summed E-state index contributed by atoms with van der Waals surface area (Å²) in [5.74, 6) is -1.68. The SMILES string of the molecule is CCCCN(C(=O)C(C)NC(=O)OC(C)(C)C)C(C(=O)NCC(=O)OC)c1ccc(O)c(C)c1. The standard InChI is InChI=1S/C24H37N3O7/c1-8-9-12-27(22(31)16(3)26-23(32)34-24(4,5)6)20(21(30)25-14-19(29)33-7)17-10-11-18(28)15(2)13-17/h10-11,13,16,20,28H,8-9,12,14H2,1-7H3,(H,25,30)(H,26,32). The third kappa shape index (κ3) is 8.92. The number of carbonyl (C=O) groups is 4. The zero-order chi connectivity index (χ0) is 26.1. The normalized spacial score (nSPS) is 12.8. The minimum absolute atomic E-state index is 0.0452. The smallest absolute Gasteiger partial charge is 0.408 e. The summed E-state index contributed by atoms with van der Waals surface area (Å²) in [5.41, 5.74) is 0.229. The van der Waals surface area contributed by atoms with E-state index < -0.39 is 41.6 Å². The Hall–Kier alpha value is -3.30. The van der Waals surface area contributed by atoms with Gasteiger partial charge in [-0.2, -0.15) is 0 Å². The van der Waals surface area contributed by atoms with Crippen molar-refractivity contribution in [1.29, 1.82) is 0 Å². The van der Waals surface area contributed by atoms with Gasteiger partial charge in [-0.1, -0.05) is 19.4 Å². The Morgan fingerprint density at radius 2 is 1.82 bits per heavy atom. The highest BCUT2D eigenvalue weighted by Crippen LogP contribution is 2.27. The summed E-state index contributed by atoms with van der Waals surface area (Å²) in [6, 6.07) is 2.50. The van der Waals surface area contributed by atoms with Crippen LogP contribution in [0.4, 0.5) is 4.79 Å². The summed E-state index contributed by atoms with van der Waals surface area (Å²) in [6.07, 6.45) is 0.599.